The van der Waals surface area contributed by atoms with Crippen molar-refractivity contribution < 1.29 is 17.9 Å². The van der Waals surface area contributed by atoms with Gasteiger partial charge in [-0.15, -0.1) is 5.10 Å². The van der Waals surface area contributed by atoms with Gasteiger partial charge in [0.05, 0.1) is 5.69 Å². The lowest BCUT2D eigenvalue weighted by atomic mass is 10.3. The fourth-order valence-electron chi connectivity index (χ4n) is 2.08. The van der Waals surface area contributed by atoms with Crippen LogP contribution >= 0.6 is 0 Å². The molecular formula is C12H12F3N7O. The Bertz CT molecular complexity index is 839. The summed E-state index contributed by atoms with van der Waals surface area (Å²) in [6, 6.07) is 2.39. The van der Waals surface area contributed by atoms with Gasteiger partial charge in [-0.25, -0.2) is 10.1 Å². The monoisotopic (exact) mass is 327 g/mol. The highest BCUT2D eigenvalue weighted by atomic mass is 19.4. The van der Waals surface area contributed by atoms with E-state index in [-0.39, 0.29) is 30.4 Å². The van der Waals surface area contributed by atoms with Crippen molar-refractivity contribution in [1.29, 1.82) is 0 Å². The maximum absolute atomic E-state index is 12.7. The number of hydrogen-bond donors (Lipinski definition) is 2. The van der Waals surface area contributed by atoms with Crippen molar-refractivity contribution in [2.24, 2.45) is 0 Å². The molecule has 0 aliphatic heterocycles. The van der Waals surface area contributed by atoms with Crippen LogP contribution in [0.2, 0.25) is 0 Å². The molecule has 0 bridgehead atoms. The summed E-state index contributed by atoms with van der Waals surface area (Å²) < 4.78 is 45.0. The van der Waals surface area contributed by atoms with Crippen LogP contribution in [0.1, 0.15) is 18.3 Å². The van der Waals surface area contributed by atoms with Gasteiger partial charge in [0, 0.05) is 12.6 Å². The number of pyridine rings is 1. The van der Waals surface area contributed by atoms with E-state index in [9.17, 15) is 13.2 Å². The number of aromatic nitrogens is 6. The largest absolute Gasteiger partial charge is 0.485 e. The Morgan fingerprint density at radius 3 is 2.83 bits per heavy atom. The van der Waals surface area contributed by atoms with Gasteiger partial charge in [0.25, 0.3) is 0 Å². The fraction of sp³-hybridized carbons (Fsp3) is 0.333. The van der Waals surface area contributed by atoms with Gasteiger partial charge in [0.15, 0.2) is 22.6 Å². The van der Waals surface area contributed by atoms with Crippen molar-refractivity contribution in [2.75, 3.05) is 5.73 Å². The van der Waals surface area contributed by atoms with Gasteiger partial charge >= 0.3 is 6.18 Å². The molecule has 3 heterocycles. The van der Waals surface area contributed by atoms with Gasteiger partial charge < -0.3 is 10.5 Å². The van der Waals surface area contributed by atoms with Gasteiger partial charge in [-0.05, 0) is 13.0 Å². The van der Waals surface area contributed by atoms with Crippen LogP contribution < -0.4 is 10.5 Å². The maximum atomic E-state index is 12.7. The molecule has 3 rings (SSSR count). The lowest BCUT2D eigenvalue weighted by molar-refractivity contribution is -0.141. The van der Waals surface area contributed by atoms with Crippen LogP contribution in [0.3, 0.4) is 0 Å². The van der Waals surface area contributed by atoms with E-state index in [0.717, 1.165) is 6.07 Å². The average Bonchev–Trinajstić information content (AvgIpc) is 3.09. The first-order valence-electron chi connectivity index (χ1n) is 6.62. The van der Waals surface area contributed by atoms with Crippen LogP contribution in [-0.4, -0.2) is 30.2 Å². The van der Waals surface area contributed by atoms with Crippen LogP contribution in [-0.2, 0) is 19.3 Å². The molecule has 0 spiro atoms. The molecule has 0 saturated heterocycles. The minimum absolute atomic E-state index is 0.123. The molecule has 3 aromatic heterocycles. The van der Waals surface area contributed by atoms with E-state index in [2.05, 4.69) is 25.5 Å². The van der Waals surface area contributed by atoms with Crippen molar-refractivity contribution in [1.82, 2.24) is 30.2 Å². The second-order valence-electron chi connectivity index (χ2n) is 4.68. The molecule has 0 aromatic carbocycles. The number of hydrogen-bond acceptors (Lipinski definition) is 6. The number of anilines is 1. The Balaban J connectivity index is 1.88. The third-order valence-corrected chi connectivity index (χ3v) is 3.11. The highest BCUT2D eigenvalue weighted by Crippen LogP contribution is 2.29. The molecular weight excluding hydrogens is 315 g/mol. The predicted molar refractivity (Wildman–Crippen MR) is 73.3 cm³/mol. The molecule has 0 aliphatic carbocycles. The van der Waals surface area contributed by atoms with E-state index in [1.54, 1.807) is 6.92 Å². The zero-order valence-corrected chi connectivity index (χ0v) is 11.9. The Hall–Kier alpha value is -2.85. The lowest BCUT2D eigenvalue weighted by Crippen LogP contribution is -2.08. The van der Waals surface area contributed by atoms with E-state index in [1.165, 1.54) is 10.7 Å². The van der Waals surface area contributed by atoms with E-state index >= 15 is 0 Å². The summed E-state index contributed by atoms with van der Waals surface area (Å²) in [7, 11) is 0. The summed E-state index contributed by atoms with van der Waals surface area (Å²) in [4.78, 5) is 3.97. The maximum Gasteiger partial charge on any atom is 0.435 e. The van der Waals surface area contributed by atoms with Crippen molar-refractivity contribution in [3.63, 3.8) is 0 Å². The second kappa shape index (κ2) is 5.41. The third kappa shape index (κ3) is 2.89. The van der Waals surface area contributed by atoms with E-state index < -0.39 is 11.9 Å². The normalized spacial score (nSPS) is 12.0. The quantitative estimate of drug-likeness (QED) is 0.756. The van der Waals surface area contributed by atoms with Gasteiger partial charge in [-0.2, -0.15) is 18.3 Å². The van der Waals surface area contributed by atoms with Crippen molar-refractivity contribution >= 4 is 17.0 Å². The topological polar surface area (TPSA) is 108 Å². The molecule has 0 aliphatic rings. The lowest BCUT2D eigenvalue weighted by Gasteiger charge is -2.08. The molecule has 122 valence electrons. The number of nitrogens with one attached hydrogen (secondary N) is 1. The number of alkyl halides is 3. The molecule has 8 nitrogen and oxygen atoms in total. The number of aromatic amines is 1. The molecule has 11 heteroatoms. The van der Waals surface area contributed by atoms with Gasteiger partial charge in [-0.1, -0.05) is 5.21 Å². The summed E-state index contributed by atoms with van der Waals surface area (Å²) >= 11 is 0. The van der Waals surface area contributed by atoms with Crippen molar-refractivity contribution in [3.05, 3.63) is 23.5 Å². The molecule has 0 fully saturated rings. The highest BCUT2D eigenvalue weighted by molar-refractivity contribution is 5.78. The summed E-state index contributed by atoms with van der Waals surface area (Å²) in [6.07, 6.45) is -4.50. The van der Waals surface area contributed by atoms with Crippen LogP contribution in [0, 0.1) is 0 Å². The first-order chi connectivity index (χ1) is 10.9. The fourth-order valence-corrected chi connectivity index (χ4v) is 2.08. The molecule has 0 atom stereocenters. The first-order valence-corrected chi connectivity index (χ1v) is 6.62. The highest BCUT2D eigenvalue weighted by Gasteiger charge is 2.34. The Labute approximate surface area is 127 Å². The number of ether oxygens (including phenoxy) is 1. The summed E-state index contributed by atoms with van der Waals surface area (Å²) in [5.41, 5.74) is 5.64. The number of nitrogens with zero attached hydrogens (tertiary/aromatic N) is 5. The summed E-state index contributed by atoms with van der Waals surface area (Å²) in [6.45, 7) is 1.85. The van der Waals surface area contributed by atoms with Gasteiger partial charge in [0.2, 0.25) is 0 Å². The number of halogens is 3. The van der Waals surface area contributed by atoms with Crippen LogP contribution in [0.15, 0.2) is 12.1 Å². The number of aryl methyl sites for hydroxylation is 1. The molecule has 0 amide bonds. The number of rotatable bonds is 4. The van der Waals surface area contributed by atoms with Crippen LogP contribution in [0.25, 0.3) is 11.2 Å². The minimum atomic E-state index is -4.50. The third-order valence-electron chi connectivity index (χ3n) is 3.11. The molecule has 0 unspecified atom stereocenters. The molecule has 3 aromatic rings. The Kier molecular flexibility index (Phi) is 3.54. The summed E-state index contributed by atoms with van der Waals surface area (Å²) in [5, 5.41) is 13.5. The van der Waals surface area contributed by atoms with Gasteiger partial charge in [-0.3, -0.25) is 4.68 Å². The van der Waals surface area contributed by atoms with Gasteiger partial charge in [0.1, 0.15) is 12.4 Å². The molecule has 0 radical (unpaired) electrons. The van der Waals surface area contributed by atoms with Crippen LogP contribution in [0.4, 0.5) is 19.0 Å². The Morgan fingerprint density at radius 1 is 1.35 bits per heavy atom. The SMILES string of the molecule is CCn1nc(C(F)(F)F)cc1COc1cc(N)nc2[nH]nnc12. The molecule has 23 heavy (non-hydrogen) atoms. The van der Waals surface area contributed by atoms with E-state index in [1.807, 2.05) is 0 Å². The minimum Gasteiger partial charge on any atom is -0.485 e. The number of nitrogens with two attached hydrogens (primary N) is 1. The van der Waals surface area contributed by atoms with E-state index in [4.69, 9.17) is 10.5 Å². The number of fused-ring (bicyclic) bond motifs is 1. The van der Waals surface area contributed by atoms with Crippen molar-refractivity contribution in [3.8, 4) is 5.75 Å². The zero-order chi connectivity index (χ0) is 16.6. The predicted octanol–water partition coefficient (Wildman–Crippen LogP) is 1.75. The smallest absolute Gasteiger partial charge is 0.435 e. The summed E-state index contributed by atoms with van der Waals surface area (Å²) in [5.74, 6) is 0.456. The van der Waals surface area contributed by atoms with Crippen molar-refractivity contribution in [2.45, 2.75) is 26.3 Å². The van der Waals surface area contributed by atoms with E-state index in [0.29, 0.717) is 11.2 Å². The Morgan fingerprint density at radius 2 is 2.13 bits per heavy atom. The zero-order valence-electron chi connectivity index (χ0n) is 11.9. The standard InChI is InChI=1S/C12H12F3N7O/c1-2-22-6(3-8(20-22)12(13,14)15)5-23-7-4-9(16)17-11-10(7)18-21-19-11/h3-4H,2,5H2,1H3,(H3,16,17,18,19,21). The van der Waals surface area contributed by atoms with Crippen LogP contribution in [0.5, 0.6) is 5.75 Å². The second-order valence-corrected chi connectivity index (χ2v) is 4.68. The average molecular weight is 327 g/mol. The molecule has 0 saturated carbocycles. The number of nitrogen functional groups attached to an aromatic ring is 1. The molecule has 3 N–H and O–H groups in total. The number of H-pyrrole nitrogens is 1. The first kappa shape index (κ1) is 15.1.